The van der Waals surface area contributed by atoms with E-state index >= 15 is 0 Å². The number of hydrogen-bond acceptors (Lipinski definition) is 5. The van der Waals surface area contributed by atoms with Crippen LogP contribution < -0.4 is 10.2 Å². The van der Waals surface area contributed by atoms with Gasteiger partial charge in [-0.15, -0.1) is 0 Å². The van der Waals surface area contributed by atoms with Gasteiger partial charge in [-0.2, -0.15) is 0 Å². The third-order valence-corrected chi connectivity index (χ3v) is 5.44. The molecular weight excluding hydrogens is 350 g/mol. The first-order chi connectivity index (χ1) is 13.7. The van der Waals surface area contributed by atoms with Crippen molar-refractivity contribution in [2.75, 3.05) is 18.0 Å². The first kappa shape index (κ1) is 18.3. The summed E-state index contributed by atoms with van der Waals surface area (Å²) in [7, 11) is 0. The van der Waals surface area contributed by atoms with Crippen LogP contribution in [0.5, 0.6) is 0 Å². The van der Waals surface area contributed by atoms with E-state index in [1.54, 1.807) is 12.4 Å². The van der Waals surface area contributed by atoms with Crippen LogP contribution in [0.15, 0.2) is 48.9 Å². The smallest absolute Gasteiger partial charge is 0.223 e. The number of nitrogens with zero attached hydrogens (tertiary/aromatic N) is 4. The molecule has 0 atom stereocenters. The molecule has 1 amide bonds. The fourth-order valence-electron chi connectivity index (χ4n) is 3.65. The number of anilines is 1. The first-order valence-electron chi connectivity index (χ1n) is 9.90. The number of carbonyl (C=O) groups excluding carboxylic acids is 1. The average molecular weight is 375 g/mol. The highest BCUT2D eigenvalue weighted by Gasteiger charge is 2.25. The molecule has 6 heteroatoms. The molecule has 1 fully saturated rings. The molecule has 1 N–H and O–H groups in total. The van der Waals surface area contributed by atoms with E-state index < -0.39 is 0 Å². The third kappa shape index (κ3) is 4.11. The maximum atomic E-state index is 12.6. The topological polar surface area (TPSA) is 71.0 Å². The zero-order valence-electron chi connectivity index (χ0n) is 16.1. The van der Waals surface area contributed by atoms with Gasteiger partial charge < -0.3 is 10.2 Å². The number of pyridine rings is 1. The van der Waals surface area contributed by atoms with Gasteiger partial charge in [0.2, 0.25) is 5.91 Å². The fourth-order valence-corrected chi connectivity index (χ4v) is 3.65. The second-order valence-corrected chi connectivity index (χ2v) is 7.24. The Morgan fingerprint density at radius 3 is 2.54 bits per heavy atom. The van der Waals surface area contributed by atoms with Crippen molar-refractivity contribution in [1.82, 2.24) is 20.3 Å². The SMILES string of the molecule is CCc1ccc(CNC(=O)C2CCN(c3cnc4nccnc4c3)CC2)cc1. The lowest BCUT2D eigenvalue weighted by Gasteiger charge is -2.32. The lowest BCUT2D eigenvalue weighted by atomic mass is 9.95. The summed E-state index contributed by atoms with van der Waals surface area (Å²) in [6.45, 7) is 4.42. The van der Waals surface area contributed by atoms with E-state index in [9.17, 15) is 4.79 Å². The van der Waals surface area contributed by atoms with Crippen LogP contribution >= 0.6 is 0 Å². The molecule has 6 nitrogen and oxygen atoms in total. The number of piperidine rings is 1. The van der Waals surface area contributed by atoms with E-state index in [0.29, 0.717) is 12.2 Å². The maximum absolute atomic E-state index is 12.6. The molecule has 144 valence electrons. The predicted molar refractivity (Wildman–Crippen MR) is 110 cm³/mol. The van der Waals surface area contributed by atoms with Crippen molar-refractivity contribution >= 4 is 22.8 Å². The van der Waals surface area contributed by atoms with Crippen molar-refractivity contribution < 1.29 is 4.79 Å². The van der Waals surface area contributed by atoms with Crippen LogP contribution in [-0.2, 0) is 17.8 Å². The minimum atomic E-state index is 0.0689. The second kappa shape index (κ2) is 8.33. The number of aryl methyl sites for hydroxylation is 1. The number of carbonyl (C=O) groups is 1. The van der Waals surface area contributed by atoms with Gasteiger partial charge in [0.25, 0.3) is 0 Å². The fraction of sp³-hybridized carbons (Fsp3) is 0.364. The molecule has 1 aliphatic heterocycles. The van der Waals surface area contributed by atoms with E-state index in [2.05, 4.69) is 56.4 Å². The summed E-state index contributed by atoms with van der Waals surface area (Å²) in [4.78, 5) is 27.8. The van der Waals surface area contributed by atoms with Gasteiger partial charge in [-0.25, -0.2) is 9.97 Å². The molecule has 0 bridgehead atoms. The standard InChI is InChI=1S/C22H25N5O/c1-2-16-3-5-17(6-4-16)14-26-22(28)18-7-11-27(12-8-18)19-13-20-21(25-15-19)24-10-9-23-20/h3-6,9-10,13,15,18H,2,7-8,11-12,14H2,1H3,(H,26,28). The van der Waals surface area contributed by atoms with Gasteiger partial charge in [0.05, 0.1) is 11.9 Å². The Hall–Kier alpha value is -3.02. The average Bonchev–Trinajstić information content (AvgIpc) is 2.77. The number of amides is 1. The number of nitrogens with one attached hydrogen (secondary N) is 1. The lowest BCUT2D eigenvalue weighted by Crippen LogP contribution is -2.40. The first-order valence-corrected chi connectivity index (χ1v) is 9.90. The van der Waals surface area contributed by atoms with Gasteiger partial charge in [0, 0.05) is 37.9 Å². The van der Waals surface area contributed by atoms with E-state index in [1.165, 1.54) is 5.56 Å². The number of benzene rings is 1. The highest BCUT2D eigenvalue weighted by molar-refractivity contribution is 5.79. The summed E-state index contributed by atoms with van der Waals surface area (Å²) in [5, 5.41) is 3.10. The monoisotopic (exact) mass is 375 g/mol. The minimum Gasteiger partial charge on any atom is -0.370 e. The van der Waals surface area contributed by atoms with Crippen molar-refractivity contribution in [3.8, 4) is 0 Å². The van der Waals surface area contributed by atoms with Crippen LogP contribution in [0.3, 0.4) is 0 Å². The van der Waals surface area contributed by atoms with Gasteiger partial charge >= 0.3 is 0 Å². The molecule has 0 unspecified atom stereocenters. The summed E-state index contributed by atoms with van der Waals surface area (Å²) in [6, 6.07) is 10.5. The van der Waals surface area contributed by atoms with Crippen LogP contribution in [0.1, 0.15) is 30.9 Å². The van der Waals surface area contributed by atoms with Gasteiger partial charge in [-0.05, 0) is 36.5 Å². The molecule has 4 rings (SSSR count). The van der Waals surface area contributed by atoms with Crippen LogP contribution in [0.4, 0.5) is 5.69 Å². The molecule has 3 heterocycles. The van der Waals surface area contributed by atoms with Crippen molar-refractivity contribution in [1.29, 1.82) is 0 Å². The van der Waals surface area contributed by atoms with Gasteiger partial charge in [0.1, 0.15) is 5.52 Å². The Kier molecular flexibility index (Phi) is 5.46. The Morgan fingerprint density at radius 2 is 1.79 bits per heavy atom. The van der Waals surface area contributed by atoms with E-state index in [-0.39, 0.29) is 11.8 Å². The summed E-state index contributed by atoms with van der Waals surface area (Å²) < 4.78 is 0. The quantitative estimate of drug-likeness (QED) is 0.742. The Bertz CT molecular complexity index is 949. The molecule has 1 saturated heterocycles. The zero-order chi connectivity index (χ0) is 19.3. The molecule has 0 radical (unpaired) electrons. The summed E-state index contributed by atoms with van der Waals surface area (Å²) in [5.74, 6) is 0.223. The highest BCUT2D eigenvalue weighted by atomic mass is 16.1. The van der Waals surface area contributed by atoms with Crippen LogP contribution in [0, 0.1) is 5.92 Å². The maximum Gasteiger partial charge on any atom is 0.223 e. The Morgan fingerprint density at radius 1 is 1.07 bits per heavy atom. The highest BCUT2D eigenvalue weighted by Crippen LogP contribution is 2.24. The molecular formula is C22H25N5O. The second-order valence-electron chi connectivity index (χ2n) is 7.24. The molecule has 2 aromatic heterocycles. The molecule has 1 aromatic carbocycles. The van der Waals surface area contributed by atoms with Crippen molar-refractivity contribution in [2.24, 2.45) is 5.92 Å². The van der Waals surface area contributed by atoms with E-state index in [1.807, 2.05) is 12.3 Å². The normalized spacial score (nSPS) is 15.0. The summed E-state index contributed by atoms with van der Waals surface area (Å²) in [5.41, 5.74) is 4.97. The summed E-state index contributed by atoms with van der Waals surface area (Å²) in [6.07, 6.45) is 7.90. The molecule has 0 aliphatic carbocycles. The molecule has 1 aliphatic rings. The van der Waals surface area contributed by atoms with E-state index in [4.69, 9.17) is 0 Å². The molecule has 0 spiro atoms. The van der Waals surface area contributed by atoms with Crippen LogP contribution in [-0.4, -0.2) is 33.9 Å². The van der Waals surface area contributed by atoms with Crippen molar-refractivity contribution in [3.05, 3.63) is 60.0 Å². The third-order valence-electron chi connectivity index (χ3n) is 5.44. The van der Waals surface area contributed by atoms with Crippen molar-refractivity contribution in [3.63, 3.8) is 0 Å². The number of rotatable bonds is 5. The summed E-state index contributed by atoms with van der Waals surface area (Å²) >= 11 is 0. The van der Waals surface area contributed by atoms with Crippen molar-refractivity contribution in [2.45, 2.75) is 32.7 Å². The van der Waals surface area contributed by atoms with Gasteiger partial charge in [0.15, 0.2) is 5.65 Å². The van der Waals surface area contributed by atoms with E-state index in [0.717, 1.165) is 49.1 Å². The largest absolute Gasteiger partial charge is 0.370 e. The number of fused-ring (bicyclic) bond motifs is 1. The Labute approximate surface area is 165 Å². The number of aromatic nitrogens is 3. The predicted octanol–water partition coefficient (Wildman–Crippen LogP) is 3.12. The van der Waals surface area contributed by atoms with Crippen LogP contribution in [0.25, 0.3) is 11.2 Å². The molecule has 0 saturated carbocycles. The molecule has 28 heavy (non-hydrogen) atoms. The molecule has 3 aromatic rings. The minimum absolute atomic E-state index is 0.0689. The number of hydrogen-bond donors (Lipinski definition) is 1. The Balaban J connectivity index is 1.30. The van der Waals surface area contributed by atoms with Gasteiger partial charge in [-0.1, -0.05) is 31.2 Å². The van der Waals surface area contributed by atoms with Crippen LogP contribution in [0.2, 0.25) is 0 Å². The zero-order valence-corrected chi connectivity index (χ0v) is 16.1. The lowest BCUT2D eigenvalue weighted by molar-refractivity contribution is -0.125. The van der Waals surface area contributed by atoms with Gasteiger partial charge in [-0.3, -0.25) is 9.78 Å².